The summed E-state index contributed by atoms with van der Waals surface area (Å²) in [7, 11) is 0. The lowest BCUT2D eigenvalue weighted by atomic mass is 10.2. The van der Waals surface area contributed by atoms with Crippen LogP contribution in [0.15, 0.2) is 24.3 Å². The van der Waals surface area contributed by atoms with Crippen LogP contribution in [0.3, 0.4) is 0 Å². The molecule has 0 fully saturated rings. The molecule has 0 saturated heterocycles. The second-order valence-electron chi connectivity index (χ2n) is 6.06. The maximum Gasteiger partial charge on any atom is 0.170 e. The molecule has 124 valence electrons. The fraction of sp³-hybridized carbons (Fsp3) is 0.412. The number of aryl methyl sites for hydroxylation is 1. The van der Waals surface area contributed by atoms with Gasteiger partial charge in [-0.15, -0.1) is 0 Å². The fourth-order valence-corrected chi connectivity index (χ4v) is 2.69. The SMILES string of the molecule is Cc1nn(Cc2cccc(Cl)c2)c(C)c1NC(=S)NCC(C)C. The molecule has 0 atom stereocenters. The lowest BCUT2D eigenvalue weighted by Gasteiger charge is -2.12. The molecular formula is C17H23ClN4S. The average molecular weight is 351 g/mol. The Morgan fingerprint density at radius 2 is 2.09 bits per heavy atom. The van der Waals surface area contributed by atoms with E-state index in [1.54, 1.807) is 0 Å². The summed E-state index contributed by atoms with van der Waals surface area (Å²) in [6.07, 6.45) is 0. The summed E-state index contributed by atoms with van der Waals surface area (Å²) in [6.45, 7) is 9.85. The van der Waals surface area contributed by atoms with Crippen LogP contribution in [0.5, 0.6) is 0 Å². The standard InChI is InChI=1S/C17H23ClN4S/c1-11(2)9-19-17(23)20-16-12(3)21-22(13(16)4)10-14-6-5-7-15(18)8-14/h5-8,11H,9-10H2,1-4H3,(H2,19,20,23). The van der Waals surface area contributed by atoms with Crippen molar-refractivity contribution in [3.8, 4) is 0 Å². The van der Waals surface area contributed by atoms with Crippen molar-refractivity contribution in [2.75, 3.05) is 11.9 Å². The molecule has 0 aliphatic rings. The summed E-state index contributed by atoms with van der Waals surface area (Å²) in [4.78, 5) is 0. The fourth-order valence-electron chi connectivity index (χ4n) is 2.29. The number of aromatic nitrogens is 2. The van der Waals surface area contributed by atoms with E-state index in [1.807, 2.05) is 42.8 Å². The molecule has 0 bridgehead atoms. The summed E-state index contributed by atoms with van der Waals surface area (Å²) in [5.74, 6) is 0.544. The van der Waals surface area contributed by atoms with Gasteiger partial charge in [-0.2, -0.15) is 5.10 Å². The van der Waals surface area contributed by atoms with Gasteiger partial charge in [0.1, 0.15) is 0 Å². The van der Waals surface area contributed by atoms with Crippen LogP contribution in [-0.4, -0.2) is 21.4 Å². The molecule has 1 aromatic heterocycles. The van der Waals surface area contributed by atoms with Gasteiger partial charge in [0.2, 0.25) is 0 Å². The van der Waals surface area contributed by atoms with Crippen molar-refractivity contribution in [3.05, 3.63) is 46.2 Å². The van der Waals surface area contributed by atoms with Crippen molar-refractivity contribution in [2.45, 2.75) is 34.2 Å². The number of halogens is 1. The number of anilines is 1. The number of hydrogen-bond donors (Lipinski definition) is 2. The van der Waals surface area contributed by atoms with Crippen molar-refractivity contribution in [1.29, 1.82) is 0 Å². The summed E-state index contributed by atoms with van der Waals surface area (Å²) in [6, 6.07) is 7.83. The second-order valence-corrected chi connectivity index (χ2v) is 6.91. The molecule has 6 heteroatoms. The number of nitrogens with one attached hydrogen (secondary N) is 2. The number of hydrogen-bond acceptors (Lipinski definition) is 2. The molecule has 1 aromatic carbocycles. The molecule has 0 aliphatic carbocycles. The van der Waals surface area contributed by atoms with Gasteiger partial charge < -0.3 is 10.6 Å². The van der Waals surface area contributed by atoms with Gasteiger partial charge in [-0.25, -0.2) is 0 Å². The number of rotatable bonds is 5. The molecule has 0 aliphatic heterocycles. The Hall–Kier alpha value is -1.59. The maximum atomic E-state index is 6.05. The van der Waals surface area contributed by atoms with Crippen molar-refractivity contribution in [3.63, 3.8) is 0 Å². The van der Waals surface area contributed by atoms with E-state index in [0.717, 1.165) is 34.2 Å². The first-order chi connectivity index (χ1) is 10.9. The Morgan fingerprint density at radius 3 is 2.74 bits per heavy atom. The zero-order chi connectivity index (χ0) is 17.0. The Bertz CT molecular complexity index is 694. The van der Waals surface area contributed by atoms with Crippen LogP contribution in [0.4, 0.5) is 5.69 Å². The Kier molecular flexibility index (Phi) is 6.02. The molecule has 1 heterocycles. The molecule has 0 amide bonds. The number of benzene rings is 1. The van der Waals surface area contributed by atoms with Gasteiger partial charge in [0.25, 0.3) is 0 Å². The third-order valence-electron chi connectivity index (χ3n) is 3.51. The molecule has 23 heavy (non-hydrogen) atoms. The minimum atomic E-state index is 0.544. The molecule has 2 rings (SSSR count). The second kappa shape index (κ2) is 7.79. The molecular weight excluding hydrogens is 328 g/mol. The molecule has 4 nitrogen and oxygen atoms in total. The van der Waals surface area contributed by atoms with Crippen LogP contribution in [0.2, 0.25) is 5.02 Å². The van der Waals surface area contributed by atoms with E-state index < -0.39 is 0 Å². The normalized spacial score (nSPS) is 10.9. The predicted octanol–water partition coefficient (Wildman–Crippen LogP) is 4.14. The predicted molar refractivity (Wildman–Crippen MR) is 101 cm³/mol. The smallest absolute Gasteiger partial charge is 0.170 e. The van der Waals surface area contributed by atoms with E-state index >= 15 is 0 Å². The highest BCUT2D eigenvalue weighted by molar-refractivity contribution is 7.80. The summed E-state index contributed by atoms with van der Waals surface area (Å²) in [5, 5.41) is 12.5. The van der Waals surface area contributed by atoms with Crippen molar-refractivity contribution in [2.24, 2.45) is 5.92 Å². The Labute approximate surface area is 148 Å². The van der Waals surface area contributed by atoms with E-state index in [9.17, 15) is 0 Å². The molecule has 0 saturated carbocycles. The van der Waals surface area contributed by atoms with Crippen LogP contribution in [0.25, 0.3) is 0 Å². The van der Waals surface area contributed by atoms with Gasteiger partial charge in [0.15, 0.2) is 5.11 Å². The largest absolute Gasteiger partial charge is 0.362 e. The quantitative estimate of drug-likeness (QED) is 0.795. The van der Waals surface area contributed by atoms with Crippen LogP contribution in [0, 0.1) is 19.8 Å². The average Bonchev–Trinajstić information content (AvgIpc) is 2.73. The van der Waals surface area contributed by atoms with Gasteiger partial charge >= 0.3 is 0 Å². The summed E-state index contributed by atoms with van der Waals surface area (Å²) < 4.78 is 1.97. The van der Waals surface area contributed by atoms with Crippen molar-refractivity contribution in [1.82, 2.24) is 15.1 Å². The Morgan fingerprint density at radius 1 is 1.35 bits per heavy atom. The Balaban J connectivity index is 2.11. The van der Waals surface area contributed by atoms with Crippen molar-refractivity contribution >= 4 is 34.6 Å². The first kappa shape index (κ1) is 17.8. The first-order valence-electron chi connectivity index (χ1n) is 7.70. The zero-order valence-electron chi connectivity index (χ0n) is 14.0. The summed E-state index contributed by atoms with van der Waals surface area (Å²) in [5.41, 5.74) is 4.07. The zero-order valence-corrected chi connectivity index (χ0v) is 15.6. The lowest BCUT2D eigenvalue weighted by molar-refractivity contribution is 0.627. The van der Waals surface area contributed by atoms with E-state index in [1.165, 1.54) is 0 Å². The third-order valence-corrected chi connectivity index (χ3v) is 3.99. The molecule has 0 radical (unpaired) electrons. The molecule has 0 spiro atoms. The maximum absolute atomic E-state index is 6.05. The van der Waals surface area contributed by atoms with E-state index in [4.69, 9.17) is 23.8 Å². The molecule has 0 unspecified atom stereocenters. The van der Waals surface area contributed by atoms with Crippen LogP contribution < -0.4 is 10.6 Å². The van der Waals surface area contributed by atoms with Gasteiger partial charge in [-0.1, -0.05) is 37.6 Å². The highest BCUT2D eigenvalue weighted by Gasteiger charge is 2.13. The molecule has 2 aromatic rings. The van der Waals surface area contributed by atoms with Gasteiger partial charge in [0, 0.05) is 11.6 Å². The van der Waals surface area contributed by atoms with Gasteiger partial charge in [0.05, 0.1) is 23.6 Å². The highest BCUT2D eigenvalue weighted by atomic mass is 35.5. The van der Waals surface area contributed by atoms with E-state index in [-0.39, 0.29) is 0 Å². The topological polar surface area (TPSA) is 41.9 Å². The minimum Gasteiger partial charge on any atom is -0.362 e. The monoisotopic (exact) mass is 350 g/mol. The van der Waals surface area contributed by atoms with Crippen LogP contribution >= 0.6 is 23.8 Å². The summed E-state index contributed by atoms with van der Waals surface area (Å²) >= 11 is 11.4. The van der Waals surface area contributed by atoms with Gasteiger partial charge in [-0.05, 0) is 49.7 Å². The highest BCUT2D eigenvalue weighted by Crippen LogP contribution is 2.21. The van der Waals surface area contributed by atoms with E-state index in [2.05, 4.69) is 29.6 Å². The van der Waals surface area contributed by atoms with Crippen LogP contribution in [0.1, 0.15) is 30.8 Å². The van der Waals surface area contributed by atoms with Gasteiger partial charge in [-0.3, -0.25) is 4.68 Å². The van der Waals surface area contributed by atoms with E-state index in [0.29, 0.717) is 17.6 Å². The van der Waals surface area contributed by atoms with Crippen LogP contribution in [-0.2, 0) is 6.54 Å². The number of nitrogens with zero attached hydrogens (tertiary/aromatic N) is 2. The minimum absolute atomic E-state index is 0.544. The third kappa shape index (κ3) is 4.94. The van der Waals surface area contributed by atoms with Crippen molar-refractivity contribution < 1.29 is 0 Å². The number of thiocarbonyl (C=S) groups is 1. The first-order valence-corrected chi connectivity index (χ1v) is 8.48. The lowest BCUT2D eigenvalue weighted by Crippen LogP contribution is -2.31. The molecule has 2 N–H and O–H groups in total.